The van der Waals surface area contributed by atoms with Crippen molar-refractivity contribution in [2.24, 2.45) is 11.3 Å². The molecule has 1 aromatic rings. The summed E-state index contributed by atoms with van der Waals surface area (Å²) in [4.78, 5) is 18.8. The van der Waals surface area contributed by atoms with E-state index in [4.69, 9.17) is 5.26 Å². The number of carbonyl (C=O) groups excluding carboxylic acids is 1. The Bertz CT molecular complexity index is 426. The highest BCUT2D eigenvalue weighted by Crippen LogP contribution is 2.44. The van der Waals surface area contributed by atoms with Crippen LogP contribution in [-0.4, -0.2) is 22.4 Å². The molecule has 0 unspecified atom stereocenters. The SMILES string of the molecule is CC1CC(C#N)(C(=O)NCCc2cnc[nH]2)C1. The Morgan fingerprint density at radius 2 is 2.53 bits per heavy atom. The molecule has 0 atom stereocenters. The van der Waals surface area contributed by atoms with Crippen molar-refractivity contribution in [2.45, 2.75) is 26.2 Å². The van der Waals surface area contributed by atoms with Crippen LogP contribution in [0, 0.1) is 22.7 Å². The molecular formula is C12H16N4O. The maximum absolute atomic E-state index is 11.9. The first-order valence-electron chi connectivity index (χ1n) is 5.83. The molecule has 17 heavy (non-hydrogen) atoms. The zero-order valence-corrected chi connectivity index (χ0v) is 9.86. The van der Waals surface area contributed by atoms with Gasteiger partial charge in [-0.15, -0.1) is 0 Å². The fourth-order valence-electron chi connectivity index (χ4n) is 2.36. The van der Waals surface area contributed by atoms with Gasteiger partial charge in [0.2, 0.25) is 5.91 Å². The lowest BCUT2D eigenvalue weighted by atomic mass is 9.63. The number of amides is 1. The van der Waals surface area contributed by atoms with Crippen LogP contribution in [0.2, 0.25) is 0 Å². The molecule has 0 aliphatic heterocycles. The average molecular weight is 232 g/mol. The van der Waals surface area contributed by atoms with Crippen LogP contribution >= 0.6 is 0 Å². The number of hydrogen-bond acceptors (Lipinski definition) is 3. The van der Waals surface area contributed by atoms with Crippen LogP contribution in [0.1, 0.15) is 25.5 Å². The standard InChI is InChI=1S/C12H16N4O/c1-9-4-12(5-9,7-13)11(17)15-3-2-10-6-14-8-16-10/h6,8-9H,2-5H2,1H3,(H,14,16)(H,15,17). The van der Waals surface area contributed by atoms with Crippen LogP contribution in [0.15, 0.2) is 12.5 Å². The summed E-state index contributed by atoms with van der Waals surface area (Å²) in [5, 5.41) is 11.9. The summed E-state index contributed by atoms with van der Waals surface area (Å²) >= 11 is 0. The summed E-state index contributed by atoms with van der Waals surface area (Å²) in [6, 6.07) is 2.16. The van der Waals surface area contributed by atoms with E-state index in [1.165, 1.54) is 0 Å². The molecule has 0 aromatic carbocycles. The van der Waals surface area contributed by atoms with Crippen molar-refractivity contribution in [3.8, 4) is 6.07 Å². The summed E-state index contributed by atoms with van der Waals surface area (Å²) in [6.45, 7) is 2.60. The minimum absolute atomic E-state index is 0.127. The van der Waals surface area contributed by atoms with Crippen LogP contribution in [0.4, 0.5) is 0 Å². The first-order valence-corrected chi connectivity index (χ1v) is 5.83. The van der Waals surface area contributed by atoms with Crippen molar-refractivity contribution in [3.63, 3.8) is 0 Å². The predicted octanol–water partition coefficient (Wildman–Crippen LogP) is 1.01. The smallest absolute Gasteiger partial charge is 0.240 e. The van der Waals surface area contributed by atoms with E-state index in [1.807, 2.05) is 0 Å². The van der Waals surface area contributed by atoms with Gasteiger partial charge in [-0.25, -0.2) is 4.98 Å². The molecule has 0 radical (unpaired) electrons. The summed E-state index contributed by atoms with van der Waals surface area (Å²) in [5.74, 6) is 0.352. The van der Waals surface area contributed by atoms with E-state index in [0.29, 0.717) is 31.7 Å². The Morgan fingerprint density at radius 1 is 1.76 bits per heavy atom. The second-order valence-corrected chi connectivity index (χ2v) is 4.79. The summed E-state index contributed by atoms with van der Waals surface area (Å²) in [7, 11) is 0. The van der Waals surface area contributed by atoms with Crippen molar-refractivity contribution in [1.82, 2.24) is 15.3 Å². The number of nitrogens with zero attached hydrogens (tertiary/aromatic N) is 2. The quantitative estimate of drug-likeness (QED) is 0.812. The van der Waals surface area contributed by atoms with E-state index in [-0.39, 0.29) is 5.91 Å². The van der Waals surface area contributed by atoms with E-state index in [0.717, 1.165) is 5.69 Å². The van der Waals surface area contributed by atoms with Gasteiger partial charge < -0.3 is 10.3 Å². The molecule has 2 N–H and O–H groups in total. The average Bonchev–Trinajstić information content (AvgIpc) is 2.77. The van der Waals surface area contributed by atoms with E-state index in [2.05, 4.69) is 28.3 Å². The van der Waals surface area contributed by atoms with Gasteiger partial charge in [0.25, 0.3) is 0 Å². The number of aromatic nitrogens is 2. The number of hydrogen-bond donors (Lipinski definition) is 2. The second kappa shape index (κ2) is 4.58. The van der Waals surface area contributed by atoms with Gasteiger partial charge in [0.1, 0.15) is 5.41 Å². The number of imidazole rings is 1. The van der Waals surface area contributed by atoms with Gasteiger partial charge in [-0.05, 0) is 18.8 Å². The Kier molecular flexibility index (Phi) is 3.14. The lowest BCUT2D eigenvalue weighted by Gasteiger charge is -2.39. The minimum Gasteiger partial charge on any atom is -0.354 e. The fraction of sp³-hybridized carbons (Fsp3) is 0.583. The molecule has 0 bridgehead atoms. The van der Waals surface area contributed by atoms with Gasteiger partial charge >= 0.3 is 0 Å². The minimum atomic E-state index is -0.770. The van der Waals surface area contributed by atoms with Crippen molar-refractivity contribution in [2.75, 3.05) is 6.54 Å². The molecule has 1 saturated carbocycles. The number of aromatic amines is 1. The Labute approximate surface area is 100 Å². The molecule has 5 nitrogen and oxygen atoms in total. The zero-order chi connectivity index (χ0) is 12.3. The Balaban J connectivity index is 1.80. The van der Waals surface area contributed by atoms with E-state index in [9.17, 15) is 4.79 Å². The summed E-state index contributed by atoms with van der Waals surface area (Å²) < 4.78 is 0. The van der Waals surface area contributed by atoms with Gasteiger partial charge in [-0.2, -0.15) is 5.26 Å². The molecule has 90 valence electrons. The van der Waals surface area contributed by atoms with Crippen molar-refractivity contribution in [3.05, 3.63) is 18.2 Å². The highest BCUT2D eigenvalue weighted by Gasteiger charge is 2.48. The van der Waals surface area contributed by atoms with Gasteiger partial charge in [0.05, 0.1) is 12.4 Å². The molecule has 2 rings (SSSR count). The molecule has 1 heterocycles. The third kappa shape index (κ3) is 2.31. The zero-order valence-electron chi connectivity index (χ0n) is 9.86. The van der Waals surface area contributed by atoms with Gasteiger partial charge in [0, 0.05) is 24.9 Å². The molecule has 1 fully saturated rings. The van der Waals surface area contributed by atoms with Crippen LogP contribution < -0.4 is 5.32 Å². The number of carbonyl (C=O) groups is 1. The number of H-pyrrole nitrogens is 1. The van der Waals surface area contributed by atoms with Crippen LogP contribution in [-0.2, 0) is 11.2 Å². The second-order valence-electron chi connectivity index (χ2n) is 4.79. The van der Waals surface area contributed by atoms with Gasteiger partial charge in [-0.1, -0.05) is 6.92 Å². The number of rotatable bonds is 4. The molecular weight excluding hydrogens is 216 g/mol. The van der Waals surface area contributed by atoms with Crippen molar-refractivity contribution < 1.29 is 4.79 Å². The summed E-state index contributed by atoms with van der Waals surface area (Å²) in [5.41, 5.74) is 0.214. The lowest BCUT2D eigenvalue weighted by molar-refractivity contribution is -0.133. The predicted molar refractivity (Wildman–Crippen MR) is 61.7 cm³/mol. The molecule has 0 saturated heterocycles. The van der Waals surface area contributed by atoms with Gasteiger partial charge in [-0.3, -0.25) is 4.79 Å². The molecule has 1 aliphatic carbocycles. The maximum Gasteiger partial charge on any atom is 0.240 e. The lowest BCUT2D eigenvalue weighted by Crippen LogP contribution is -2.48. The van der Waals surface area contributed by atoms with Crippen molar-refractivity contribution >= 4 is 5.91 Å². The third-order valence-electron chi connectivity index (χ3n) is 3.28. The highest BCUT2D eigenvalue weighted by molar-refractivity contribution is 5.86. The maximum atomic E-state index is 11.9. The molecule has 1 aromatic heterocycles. The topological polar surface area (TPSA) is 81.6 Å². The Morgan fingerprint density at radius 3 is 3.06 bits per heavy atom. The van der Waals surface area contributed by atoms with Gasteiger partial charge in [0.15, 0.2) is 0 Å². The normalized spacial score (nSPS) is 26.9. The number of nitrogens with one attached hydrogen (secondary N) is 2. The van der Waals surface area contributed by atoms with Crippen LogP contribution in [0.3, 0.4) is 0 Å². The van der Waals surface area contributed by atoms with Crippen LogP contribution in [0.5, 0.6) is 0 Å². The fourth-order valence-corrected chi connectivity index (χ4v) is 2.36. The molecule has 1 amide bonds. The molecule has 0 spiro atoms. The third-order valence-corrected chi connectivity index (χ3v) is 3.28. The summed E-state index contributed by atoms with van der Waals surface area (Å²) in [6.07, 6.45) is 5.42. The van der Waals surface area contributed by atoms with Crippen molar-refractivity contribution in [1.29, 1.82) is 5.26 Å². The molecule has 5 heteroatoms. The molecule has 1 aliphatic rings. The van der Waals surface area contributed by atoms with Crippen LogP contribution in [0.25, 0.3) is 0 Å². The first-order chi connectivity index (χ1) is 8.16. The largest absolute Gasteiger partial charge is 0.354 e. The highest BCUT2D eigenvalue weighted by atomic mass is 16.2. The first kappa shape index (κ1) is 11.6. The Hall–Kier alpha value is -1.83. The van der Waals surface area contributed by atoms with E-state index in [1.54, 1.807) is 12.5 Å². The monoisotopic (exact) mass is 232 g/mol. The number of nitriles is 1. The van der Waals surface area contributed by atoms with E-state index >= 15 is 0 Å². The van der Waals surface area contributed by atoms with E-state index < -0.39 is 5.41 Å².